The van der Waals surface area contributed by atoms with E-state index in [1.54, 1.807) is 11.0 Å². The first-order valence-corrected chi connectivity index (χ1v) is 9.01. The van der Waals surface area contributed by atoms with Gasteiger partial charge in [0.1, 0.15) is 0 Å². The molecule has 1 aromatic carbocycles. The molecule has 0 spiro atoms. The lowest BCUT2D eigenvalue weighted by Gasteiger charge is -2.30. The topological polar surface area (TPSA) is 91.1 Å². The number of fused-ring (bicyclic) bond motifs is 1. The summed E-state index contributed by atoms with van der Waals surface area (Å²) in [5.74, 6) is -1.58. The lowest BCUT2D eigenvalue weighted by atomic mass is 9.98. The van der Waals surface area contributed by atoms with E-state index >= 15 is 0 Å². The van der Waals surface area contributed by atoms with Crippen LogP contribution in [0.2, 0.25) is 0 Å². The predicted octanol–water partition coefficient (Wildman–Crippen LogP) is 2.31. The largest absolute Gasteiger partial charge is 0.481 e. The van der Waals surface area contributed by atoms with Crippen LogP contribution in [0.4, 0.5) is 5.69 Å². The van der Waals surface area contributed by atoms with Gasteiger partial charge in [0.05, 0.1) is 25.1 Å². The number of benzene rings is 1. The van der Waals surface area contributed by atoms with Gasteiger partial charge in [-0.15, -0.1) is 0 Å². The van der Waals surface area contributed by atoms with Crippen molar-refractivity contribution in [3.8, 4) is 0 Å². The minimum absolute atomic E-state index is 0.0142. The molecule has 7 nitrogen and oxygen atoms in total. The van der Waals surface area contributed by atoms with E-state index in [0.29, 0.717) is 31.4 Å². The summed E-state index contributed by atoms with van der Waals surface area (Å²) >= 11 is 0. The van der Waals surface area contributed by atoms with Gasteiger partial charge in [0.2, 0.25) is 5.91 Å². The van der Waals surface area contributed by atoms with Crippen LogP contribution in [-0.4, -0.2) is 40.9 Å². The minimum atomic E-state index is -0.883. The third-order valence-electron chi connectivity index (χ3n) is 5.25. The summed E-state index contributed by atoms with van der Waals surface area (Å²) in [5, 5.41) is 9.23. The molecular formula is C20H20N2O5. The van der Waals surface area contributed by atoms with Crippen molar-refractivity contribution in [1.82, 2.24) is 4.90 Å². The number of likely N-dealkylation sites (tertiary alicyclic amines) is 1. The molecule has 1 atom stereocenters. The molecule has 1 N–H and O–H groups in total. The number of hydrogen-bond donors (Lipinski definition) is 1. The van der Waals surface area contributed by atoms with Gasteiger partial charge in [0, 0.05) is 24.3 Å². The molecule has 3 heterocycles. The number of carboxylic acid groups (broad SMARTS) is 1. The second-order valence-corrected chi connectivity index (χ2v) is 6.99. The van der Waals surface area contributed by atoms with Crippen molar-refractivity contribution in [1.29, 1.82) is 0 Å². The lowest BCUT2D eigenvalue weighted by Crippen LogP contribution is -2.42. The van der Waals surface area contributed by atoms with Crippen molar-refractivity contribution < 1.29 is 23.9 Å². The fourth-order valence-corrected chi connectivity index (χ4v) is 3.81. The first-order chi connectivity index (χ1) is 13.0. The first-order valence-electron chi connectivity index (χ1n) is 9.01. The van der Waals surface area contributed by atoms with Crippen molar-refractivity contribution in [2.75, 3.05) is 18.0 Å². The van der Waals surface area contributed by atoms with Crippen molar-refractivity contribution in [3.63, 3.8) is 0 Å². The Kier molecular flexibility index (Phi) is 4.43. The highest BCUT2D eigenvalue weighted by molar-refractivity contribution is 6.01. The van der Waals surface area contributed by atoms with E-state index in [1.165, 1.54) is 11.2 Å². The summed E-state index contributed by atoms with van der Waals surface area (Å²) < 4.78 is 5.43. The van der Waals surface area contributed by atoms with Crippen molar-refractivity contribution in [2.24, 2.45) is 5.92 Å². The van der Waals surface area contributed by atoms with Crippen LogP contribution >= 0.6 is 0 Å². The lowest BCUT2D eigenvalue weighted by molar-refractivity contribution is -0.143. The molecule has 0 unspecified atom stereocenters. The van der Waals surface area contributed by atoms with E-state index in [9.17, 15) is 19.5 Å². The van der Waals surface area contributed by atoms with Gasteiger partial charge in [-0.25, -0.2) is 0 Å². The van der Waals surface area contributed by atoms with Crippen molar-refractivity contribution >= 4 is 23.5 Å². The molecule has 7 heteroatoms. The summed E-state index contributed by atoms with van der Waals surface area (Å²) in [6.07, 6.45) is 3.01. The molecule has 2 aliphatic heterocycles. The fourth-order valence-electron chi connectivity index (χ4n) is 3.81. The Hall–Kier alpha value is -3.09. The number of rotatable bonds is 4. The number of para-hydroxylation sites is 1. The summed E-state index contributed by atoms with van der Waals surface area (Å²) in [6.45, 7) is 0.942. The minimum Gasteiger partial charge on any atom is -0.481 e. The van der Waals surface area contributed by atoms with Crippen LogP contribution in [0.25, 0.3) is 0 Å². The van der Waals surface area contributed by atoms with Crippen LogP contribution in [0.5, 0.6) is 0 Å². The van der Waals surface area contributed by atoms with Gasteiger partial charge in [-0.05, 0) is 30.5 Å². The van der Waals surface area contributed by atoms with Gasteiger partial charge in [-0.2, -0.15) is 0 Å². The number of furan rings is 1. The van der Waals surface area contributed by atoms with Crippen LogP contribution in [0.15, 0.2) is 41.0 Å². The number of nitrogens with zero attached hydrogens (tertiary/aromatic N) is 2. The Bertz CT molecular complexity index is 903. The van der Waals surface area contributed by atoms with E-state index in [4.69, 9.17) is 4.42 Å². The second-order valence-electron chi connectivity index (χ2n) is 6.99. The highest BCUT2D eigenvalue weighted by Crippen LogP contribution is 2.31. The molecule has 140 valence electrons. The quantitative estimate of drug-likeness (QED) is 0.894. The van der Waals surface area contributed by atoms with Crippen LogP contribution in [0.3, 0.4) is 0 Å². The Labute approximate surface area is 156 Å². The Morgan fingerprint density at radius 1 is 1.22 bits per heavy atom. The molecule has 2 aromatic rings. The maximum absolute atomic E-state index is 12.9. The number of amides is 2. The summed E-state index contributed by atoms with van der Waals surface area (Å²) in [7, 11) is 0. The van der Waals surface area contributed by atoms with E-state index < -0.39 is 11.9 Å². The maximum Gasteiger partial charge on any atom is 0.308 e. The van der Waals surface area contributed by atoms with Crippen molar-refractivity contribution in [3.05, 3.63) is 53.5 Å². The highest BCUT2D eigenvalue weighted by atomic mass is 16.4. The number of aliphatic carboxylic acids is 1. The molecule has 0 saturated carbocycles. The van der Waals surface area contributed by atoms with Crippen LogP contribution in [0.1, 0.15) is 34.5 Å². The summed E-state index contributed by atoms with van der Waals surface area (Å²) in [5.41, 5.74) is 2.45. The molecule has 0 aliphatic carbocycles. The average Bonchev–Trinajstić information content (AvgIpc) is 3.26. The van der Waals surface area contributed by atoms with E-state index in [0.717, 1.165) is 11.3 Å². The zero-order valence-electron chi connectivity index (χ0n) is 14.8. The summed E-state index contributed by atoms with van der Waals surface area (Å²) in [4.78, 5) is 39.7. The standard InChI is InChI=1S/C20H20N2O5/c23-17-10-13-4-1-2-6-16(13)22(17)12-14-7-9-27-18(14)19(24)21-8-3-5-15(11-21)20(25)26/h1-2,4,6-7,9,15H,3,5,8,10-12H2,(H,25,26)/t15-/m0/s1. The number of anilines is 1. The van der Waals surface area contributed by atoms with Gasteiger partial charge >= 0.3 is 5.97 Å². The molecule has 0 bridgehead atoms. The maximum atomic E-state index is 12.9. The summed E-state index contributed by atoms with van der Waals surface area (Å²) in [6, 6.07) is 9.29. The van der Waals surface area contributed by atoms with E-state index in [1.807, 2.05) is 24.3 Å². The zero-order chi connectivity index (χ0) is 19.0. The average molecular weight is 368 g/mol. The van der Waals surface area contributed by atoms with Gasteiger partial charge in [-0.3, -0.25) is 14.4 Å². The number of piperidine rings is 1. The molecule has 1 fully saturated rings. The number of carbonyl (C=O) groups is 3. The Morgan fingerprint density at radius 2 is 2.04 bits per heavy atom. The van der Waals surface area contributed by atoms with Gasteiger partial charge < -0.3 is 19.3 Å². The number of carboxylic acids is 1. The molecular weight excluding hydrogens is 348 g/mol. The van der Waals surface area contributed by atoms with Crippen LogP contribution in [0, 0.1) is 5.92 Å². The molecule has 1 saturated heterocycles. The first kappa shape index (κ1) is 17.3. The van der Waals surface area contributed by atoms with Crippen LogP contribution < -0.4 is 4.90 Å². The smallest absolute Gasteiger partial charge is 0.308 e. The van der Waals surface area contributed by atoms with Gasteiger partial charge in [-0.1, -0.05) is 18.2 Å². The Balaban J connectivity index is 1.54. The highest BCUT2D eigenvalue weighted by Gasteiger charge is 2.33. The predicted molar refractivity (Wildman–Crippen MR) is 96.3 cm³/mol. The van der Waals surface area contributed by atoms with Gasteiger partial charge in [0.25, 0.3) is 5.91 Å². The zero-order valence-corrected chi connectivity index (χ0v) is 14.8. The van der Waals surface area contributed by atoms with Crippen LogP contribution in [-0.2, 0) is 22.6 Å². The van der Waals surface area contributed by atoms with Crippen molar-refractivity contribution in [2.45, 2.75) is 25.8 Å². The van der Waals surface area contributed by atoms with Gasteiger partial charge in [0.15, 0.2) is 5.76 Å². The third-order valence-corrected chi connectivity index (χ3v) is 5.25. The number of carbonyl (C=O) groups excluding carboxylic acids is 2. The second kappa shape index (κ2) is 6.90. The molecule has 2 aliphatic rings. The third kappa shape index (κ3) is 3.20. The normalized spacial score (nSPS) is 19.3. The SMILES string of the molecule is O=C(O)[C@H]1CCCN(C(=O)c2occc2CN2C(=O)Cc3ccccc32)C1. The molecule has 1 aromatic heterocycles. The molecule has 27 heavy (non-hydrogen) atoms. The molecule has 0 radical (unpaired) electrons. The number of hydrogen-bond acceptors (Lipinski definition) is 4. The van der Waals surface area contributed by atoms with E-state index in [2.05, 4.69) is 0 Å². The Morgan fingerprint density at radius 3 is 2.85 bits per heavy atom. The fraction of sp³-hybridized carbons (Fsp3) is 0.350. The monoisotopic (exact) mass is 368 g/mol. The van der Waals surface area contributed by atoms with E-state index in [-0.39, 0.29) is 30.7 Å². The molecule has 2 amide bonds. The molecule has 4 rings (SSSR count).